The SMILES string of the molecule is O=C(O)C[C@H]1CCCC1CCC(O)COc1cccc(Cl)c1. The summed E-state index contributed by atoms with van der Waals surface area (Å²) >= 11 is 5.87. The fraction of sp³-hybridized carbons (Fsp3) is 0.588. The van der Waals surface area contributed by atoms with Gasteiger partial charge < -0.3 is 14.9 Å². The van der Waals surface area contributed by atoms with Crippen LogP contribution in [0.25, 0.3) is 0 Å². The lowest BCUT2D eigenvalue weighted by atomic mass is 9.88. The molecule has 0 radical (unpaired) electrons. The Morgan fingerprint density at radius 1 is 1.36 bits per heavy atom. The monoisotopic (exact) mass is 326 g/mol. The molecule has 1 aliphatic carbocycles. The normalized spacial score (nSPS) is 22.5. The molecular formula is C17H23ClO4. The molecule has 3 atom stereocenters. The number of aliphatic carboxylic acids is 1. The van der Waals surface area contributed by atoms with Crippen LogP contribution in [0.15, 0.2) is 24.3 Å². The maximum atomic E-state index is 10.8. The number of rotatable bonds is 8. The zero-order valence-corrected chi connectivity index (χ0v) is 13.3. The Bertz CT molecular complexity index is 491. The molecule has 0 heterocycles. The van der Waals surface area contributed by atoms with Crippen LogP contribution in [0.1, 0.15) is 38.5 Å². The molecule has 0 saturated heterocycles. The summed E-state index contributed by atoms with van der Waals surface area (Å²) in [5.41, 5.74) is 0. The lowest BCUT2D eigenvalue weighted by Gasteiger charge is -2.19. The molecule has 4 nitrogen and oxygen atoms in total. The van der Waals surface area contributed by atoms with Gasteiger partial charge in [0.15, 0.2) is 0 Å². The number of carbonyl (C=O) groups is 1. The Balaban J connectivity index is 1.71. The van der Waals surface area contributed by atoms with Gasteiger partial charge in [0, 0.05) is 11.4 Å². The predicted molar refractivity (Wildman–Crippen MR) is 85.3 cm³/mol. The van der Waals surface area contributed by atoms with E-state index in [0.29, 0.717) is 23.1 Å². The van der Waals surface area contributed by atoms with E-state index in [1.54, 1.807) is 24.3 Å². The van der Waals surface area contributed by atoms with Gasteiger partial charge in [-0.1, -0.05) is 30.5 Å². The molecule has 1 aromatic rings. The third-order valence-electron chi connectivity index (χ3n) is 4.36. The van der Waals surface area contributed by atoms with E-state index in [4.69, 9.17) is 21.4 Å². The molecule has 2 unspecified atom stereocenters. The van der Waals surface area contributed by atoms with Gasteiger partial charge in [0.1, 0.15) is 12.4 Å². The van der Waals surface area contributed by atoms with Crippen molar-refractivity contribution in [3.63, 3.8) is 0 Å². The van der Waals surface area contributed by atoms with Gasteiger partial charge in [0.2, 0.25) is 0 Å². The third kappa shape index (κ3) is 5.50. The van der Waals surface area contributed by atoms with Crippen LogP contribution < -0.4 is 4.74 Å². The molecule has 22 heavy (non-hydrogen) atoms. The van der Waals surface area contributed by atoms with Crippen LogP contribution in [-0.4, -0.2) is 28.9 Å². The first-order valence-corrected chi connectivity index (χ1v) is 8.20. The Hall–Kier alpha value is -1.26. The van der Waals surface area contributed by atoms with Gasteiger partial charge in [-0.2, -0.15) is 0 Å². The van der Waals surface area contributed by atoms with Crippen molar-refractivity contribution in [1.82, 2.24) is 0 Å². The summed E-state index contributed by atoms with van der Waals surface area (Å²) in [6, 6.07) is 7.10. The van der Waals surface area contributed by atoms with E-state index in [1.165, 1.54) is 0 Å². The Morgan fingerprint density at radius 2 is 2.14 bits per heavy atom. The Labute approximate surface area is 136 Å². The second kappa shape index (κ2) is 8.39. The molecule has 1 fully saturated rings. The van der Waals surface area contributed by atoms with Crippen molar-refractivity contribution in [1.29, 1.82) is 0 Å². The zero-order valence-electron chi connectivity index (χ0n) is 12.6. The van der Waals surface area contributed by atoms with Crippen molar-refractivity contribution >= 4 is 17.6 Å². The smallest absolute Gasteiger partial charge is 0.303 e. The standard InChI is InChI=1S/C17H23ClO4/c18-14-5-2-6-16(10-14)22-11-15(19)8-7-12-3-1-4-13(12)9-17(20)21/h2,5-6,10,12-13,15,19H,1,3-4,7-9,11H2,(H,20,21)/t12?,13-,15?/m1/s1. The summed E-state index contributed by atoms with van der Waals surface area (Å²) in [5.74, 6) is 0.605. The lowest BCUT2D eigenvalue weighted by molar-refractivity contribution is -0.138. The van der Waals surface area contributed by atoms with E-state index in [2.05, 4.69) is 0 Å². The van der Waals surface area contributed by atoms with Crippen LogP contribution in [0.3, 0.4) is 0 Å². The number of benzene rings is 1. The minimum Gasteiger partial charge on any atom is -0.491 e. The molecule has 0 bridgehead atoms. The van der Waals surface area contributed by atoms with Gasteiger partial charge in [-0.25, -0.2) is 0 Å². The third-order valence-corrected chi connectivity index (χ3v) is 4.60. The molecule has 5 heteroatoms. The molecule has 0 aliphatic heterocycles. The molecule has 0 aromatic heterocycles. The van der Waals surface area contributed by atoms with Crippen LogP contribution in [0.2, 0.25) is 5.02 Å². The van der Waals surface area contributed by atoms with E-state index in [1.807, 2.05) is 0 Å². The van der Waals surface area contributed by atoms with Gasteiger partial charge in [0.05, 0.1) is 6.10 Å². The second-order valence-corrected chi connectivity index (χ2v) is 6.48. The molecule has 122 valence electrons. The average molecular weight is 327 g/mol. The summed E-state index contributed by atoms with van der Waals surface area (Å²) in [6.07, 6.45) is 4.37. The average Bonchev–Trinajstić information content (AvgIpc) is 2.89. The fourth-order valence-electron chi connectivity index (χ4n) is 3.23. The zero-order chi connectivity index (χ0) is 15.9. The van der Waals surface area contributed by atoms with Gasteiger partial charge in [-0.15, -0.1) is 0 Å². The van der Waals surface area contributed by atoms with E-state index in [-0.39, 0.29) is 18.9 Å². The van der Waals surface area contributed by atoms with Crippen LogP contribution >= 0.6 is 11.6 Å². The number of halogens is 1. The highest BCUT2D eigenvalue weighted by Crippen LogP contribution is 2.37. The second-order valence-electron chi connectivity index (χ2n) is 6.05. The summed E-state index contributed by atoms with van der Waals surface area (Å²) < 4.78 is 5.53. The minimum absolute atomic E-state index is 0.233. The van der Waals surface area contributed by atoms with Gasteiger partial charge >= 0.3 is 5.97 Å². The Morgan fingerprint density at radius 3 is 2.86 bits per heavy atom. The van der Waals surface area contributed by atoms with Crippen molar-refractivity contribution in [2.75, 3.05) is 6.61 Å². The maximum absolute atomic E-state index is 10.8. The van der Waals surface area contributed by atoms with Crippen LogP contribution in [0.5, 0.6) is 5.75 Å². The van der Waals surface area contributed by atoms with Crippen molar-refractivity contribution in [3.05, 3.63) is 29.3 Å². The van der Waals surface area contributed by atoms with Crippen molar-refractivity contribution in [2.45, 2.75) is 44.6 Å². The van der Waals surface area contributed by atoms with Crippen molar-refractivity contribution < 1.29 is 19.7 Å². The lowest BCUT2D eigenvalue weighted by Crippen LogP contribution is -2.20. The summed E-state index contributed by atoms with van der Waals surface area (Å²) in [4.78, 5) is 10.8. The summed E-state index contributed by atoms with van der Waals surface area (Å²) in [7, 11) is 0. The molecule has 0 spiro atoms. The number of aliphatic hydroxyl groups is 1. The van der Waals surface area contributed by atoms with Crippen LogP contribution in [-0.2, 0) is 4.79 Å². The Kier molecular flexibility index (Phi) is 6.52. The highest BCUT2D eigenvalue weighted by Gasteiger charge is 2.29. The molecule has 1 aromatic carbocycles. The number of hydrogen-bond acceptors (Lipinski definition) is 3. The minimum atomic E-state index is -0.721. The van der Waals surface area contributed by atoms with Gasteiger partial charge in [-0.05, 0) is 49.3 Å². The van der Waals surface area contributed by atoms with Crippen molar-refractivity contribution in [2.24, 2.45) is 11.8 Å². The molecule has 0 amide bonds. The topological polar surface area (TPSA) is 66.8 Å². The van der Waals surface area contributed by atoms with E-state index in [9.17, 15) is 9.90 Å². The number of hydrogen-bond donors (Lipinski definition) is 2. The molecule has 2 rings (SSSR count). The molecule has 1 aliphatic rings. The van der Waals surface area contributed by atoms with Gasteiger partial charge in [0.25, 0.3) is 0 Å². The fourth-order valence-corrected chi connectivity index (χ4v) is 3.41. The maximum Gasteiger partial charge on any atom is 0.303 e. The predicted octanol–water partition coefficient (Wildman–Crippen LogP) is 3.75. The summed E-state index contributed by atoms with van der Waals surface area (Å²) in [5, 5.41) is 19.6. The number of ether oxygens (including phenoxy) is 1. The largest absolute Gasteiger partial charge is 0.491 e. The first-order chi connectivity index (χ1) is 10.5. The van der Waals surface area contributed by atoms with Crippen molar-refractivity contribution in [3.8, 4) is 5.75 Å². The van der Waals surface area contributed by atoms with Crippen LogP contribution in [0.4, 0.5) is 0 Å². The quantitative estimate of drug-likeness (QED) is 0.763. The number of carboxylic acid groups (broad SMARTS) is 1. The number of carboxylic acids is 1. The highest BCUT2D eigenvalue weighted by molar-refractivity contribution is 6.30. The summed E-state index contributed by atoms with van der Waals surface area (Å²) in [6.45, 7) is 0.233. The molecule has 2 N–H and O–H groups in total. The first-order valence-electron chi connectivity index (χ1n) is 7.83. The van der Waals surface area contributed by atoms with Crippen LogP contribution in [0, 0.1) is 11.8 Å². The molecule has 1 saturated carbocycles. The first kappa shape index (κ1) is 17.1. The van der Waals surface area contributed by atoms with E-state index in [0.717, 1.165) is 25.7 Å². The molecular weight excluding hydrogens is 304 g/mol. The van der Waals surface area contributed by atoms with Gasteiger partial charge in [-0.3, -0.25) is 4.79 Å². The van der Waals surface area contributed by atoms with E-state index >= 15 is 0 Å². The van der Waals surface area contributed by atoms with E-state index < -0.39 is 12.1 Å². The number of aliphatic hydroxyl groups excluding tert-OH is 1. The highest BCUT2D eigenvalue weighted by atomic mass is 35.5.